The van der Waals surface area contributed by atoms with Gasteiger partial charge in [0.2, 0.25) is 21.9 Å². The van der Waals surface area contributed by atoms with Gasteiger partial charge in [-0.3, -0.25) is 9.29 Å². The molecule has 0 radical (unpaired) electrons. The highest BCUT2D eigenvalue weighted by atomic mass is 35.5. The molecular formula is C27H30ClN7O6S. The van der Waals surface area contributed by atoms with Gasteiger partial charge in [-0.1, -0.05) is 23.7 Å². The standard InChI is InChI=1S/C27H30ClN7O6S/c1-15(2)41-23(25-29-12-17(28)13-30-25)16(3)42(36,37)34-27-33-32-26-18-8-6-10-21(38-4)24(18)40-14-20(35(26)27)19-9-7-11-22(31-19)39-5/h6-13,15-16,20,23H,14H2,1-5H3,(H,33,34)/t16-,20+,23+/m0/s1. The molecule has 0 bridgehead atoms. The molecule has 4 heterocycles. The number of ether oxygens (including phenoxy) is 4. The number of rotatable bonds is 10. The molecule has 222 valence electrons. The van der Waals surface area contributed by atoms with Crippen molar-refractivity contribution in [1.29, 1.82) is 0 Å². The lowest BCUT2D eigenvalue weighted by atomic mass is 10.1. The van der Waals surface area contributed by atoms with E-state index in [4.69, 9.17) is 30.5 Å². The monoisotopic (exact) mass is 615 g/mol. The van der Waals surface area contributed by atoms with Gasteiger partial charge in [0.15, 0.2) is 23.1 Å². The van der Waals surface area contributed by atoms with Crippen molar-refractivity contribution >= 4 is 27.6 Å². The molecule has 13 nitrogen and oxygen atoms in total. The Bertz CT molecular complexity index is 1670. The largest absolute Gasteiger partial charge is 0.493 e. The Labute approximate surface area is 248 Å². The third-order valence-corrected chi connectivity index (χ3v) is 8.48. The number of pyridine rings is 1. The number of nitrogens with zero attached hydrogens (tertiary/aromatic N) is 6. The molecule has 0 aliphatic carbocycles. The Morgan fingerprint density at radius 2 is 1.79 bits per heavy atom. The van der Waals surface area contributed by atoms with Crippen LogP contribution in [-0.4, -0.2) is 70.3 Å². The first-order chi connectivity index (χ1) is 20.1. The van der Waals surface area contributed by atoms with Crippen molar-refractivity contribution in [3.05, 3.63) is 65.3 Å². The highest BCUT2D eigenvalue weighted by molar-refractivity contribution is 7.93. The summed E-state index contributed by atoms with van der Waals surface area (Å²) in [6.07, 6.45) is 1.46. The molecule has 0 fully saturated rings. The van der Waals surface area contributed by atoms with E-state index in [0.29, 0.717) is 39.5 Å². The normalized spacial score (nSPS) is 16.0. The van der Waals surface area contributed by atoms with Gasteiger partial charge in [0, 0.05) is 18.5 Å². The topological polar surface area (TPSA) is 152 Å². The van der Waals surface area contributed by atoms with Crippen LogP contribution in [0.5, 0.6) is 17.4 Å². The first-order valence-electron chi connectivity index (χ1n) is 13.0. The summed E-state index contributed by atoms with van der Waals surface area (Å²) in [6, 6.07) is 10.0. The van der Waals surface area contributed by atoms with E-state index in [9.17, 15) is 8.42 Å². The van der Waals surface area contributed by atoms with E-state index in [0.717, 1.165) is 0 Å². The van der Waals surface area contributed by atoms with E-state index >= 15 is 0 Å². The van der Waals surface area contributed by atoms with E-state index in [2.05, 4.69) is 29.9 Å². The van der Waals surface area contributed by atoms with Crippen LogP contribution in [-0.2, 0) is 14.8 Å². The zero-order valence-corrected chi connectivity index (χ0v) is 25.1. The van der Waals surface area contributed by atoms with Gasteiger partial charge in [0.1, 0.15) is 24.0 Å². The van der Waals surface area contributed by atoms with Crippen LogP contribution < -0.4 is 18.9 Å². The zero-order chi connectivity index (χ0) is 30.0. The summed E-state index contributed by atoms with van der Waals surface area (Å²) in [4.78, 5) is 13.0. The number of hydrogen-bond donors (Lipinski definition) is 1. The molecule has 1 aromatic carbocycles. The van der Waals surface area contributed by atoms with Crippen molar-refractivity contribution in [1.82, 2.24) is 29.7 Å². The predicted molar refractivity (Wildman–Crippen MR) is 154 cm³/mol. The smallest absolute Gasteiger partial charge is 0.240 e. The Morgan fingerprint density at radius 1 is 1.05 bits per heavy atom. The maximum Gasteiger partial charge on any atom is 0.240 e. The number of hydrogen-bond acceptors (Lipinski definition) is 11. The highest BCUT2D eigenvalue weighted by Crippen LogP contribution is 2.43. The van der Waals surface area contributed by atoms with Gasteiger partial charge in [-0.15, -0.1) is 10.2 Å². The summed E-state index contributed by atoms with van der Waals surface area (Å²) in [5.74, 6) is 1.83. The molecular weight excluding hydrogens is 586 g/mol. The van der Waals surface area contributed by atoms with Gasteiger partial charge >= 0.3 is 0 Å². The highest BCUT2D eigenvalue weighted by Gasteiger charge is 2.37. The molecule has 1 aliphatic rings. The first-order valence-corrected chi connectivity index (χ1v) is 15.0. The Morgan fingerprint density at radius 3 is 2.48 bits per heavy atom. The van der Waals surface area contributed by atoms with E-state index in [1.807, 2.05) is 0 Å². The van der Waals surface area contributed by atoms with E-state index in [1.165, 1.54) is 33.5 Å². The van der Waals surface area contributed by atoms with Gasteiger partial charge in [-0.25, -0.2) is 23.4 Å². The zero-order valence-electron chi connectivity index (χ0n) is 23.6. The van der Waals surface area contributed by atoms with Gasteiger partial charge < -0.3 is 18.9 Å². The number of sulfonamides is 1. The number of para-hydroxylation sites is 1. The molecule has 4 aromatic rings. The molecule has 0 saturated heterocycles. The summed E-state index contributed by atoms with van der Waals surface area (Å²) in [5.41, 5.74) is 1.12. The number of aromatic nitrogens is 6. The quantitative estimate of drug-likeness (QED) is 0.274. The van der Waals surface area contributed by atoms with Crippen LogP contribution >= 0.6 is 11.6 Å². The second-order valence-electron chi connectivity index (χ2n) is 9.70. The third kappa shape index (κ3) is 5.82. The number of fused-ring (bicyclic) bond motifs is 3. The summed E-state index contributed by atoms with van der Waals surface area (Å²) in [6.45, 7) is 5.18. The van der Waals surface area contributed by atoms with Crippen LogP contribution in [0.3, 0.4) is 0 Å². The van der Waals surface area contributed by atoms with Crippen molar-refractivity contribution in [2.24, 2.45) is 0 Å². The van der Waals surface area contributed by atoms with E-state index in [-0.39, 0.29) is 24.5 Å². The van der Waals surface area contributed by atoms with Gasteiger partial charge in [-0.2, -0.15) is 0 Å². The summed E-state index contributed by atoms with van der Waals surface area (Å²) >= 11 is 5.96. The number of anilines is 1. The molecule has 3 aromatic heterocycles. The SMILES string of the molecule is COc1cccc([C@H]2COc3c(OC)cccc3-c3nnc(NS(=O)(=O)[C@@H](C)[C@@H](OC(C)C)c4ncc(Cl)cn4)n32)n1. The van der Waals surface area contributed by atoms with Crippen LogP contribution in [0.4, 0.5) is 5.95 Å². The number of nitrogens with one attached hydrogen (secondary N) is 1. The minimum atomic E-state index is -4.16. The molecule has 3 atom stereocenters. The van der Waals surface area contributed by atoms with Crippen LogP contribution in [0.2, 0.25) is 5.02 Å². The number of benzene rings is 1. The fourth-order valence-corrected chi connectivity index (χ4v) is 5.74. The van der Waals surface area contributed by atoms with Crippen molar-refractivity contribution in [2.45, 2.75) is 44.3 Å². The Hall–Kier alpha value is -4.01. The average Bonchev–Trinajstić information content (AvgIpc) is 3.29. The van der Waals surface area contributed by atoms with Gasteiger partial charge in [0.05, 0.1) is 36.6 Å². The summed E-state index contributed by atoms with van der Waals surface area (Å²) < 4.78 is 55.1. The molecule has 5 rings (SSSR count). The predicted octanol–water partition coefficient (Wildman–Crippen LogP) is 4.08. The van der Waals surface area contributed by atoms with E-state index < -0.39 is 27.4 Å². The second kappa shape index (κ2) is 12.1. The lowest BCUT2D eigenvalue weighted by Crippen LogP contribution is -2.35. The molecule has 1 aliphatic heterocycles. The Balaban J connectivity index is 1.59. The maximum absolute atomic E-state index is 13.9. The van der Waals surface area contributed by atoms with E-state index in [1.54, 1.807) is 54.8 Å². The van der Waals surface area contributed by atoms with Crippen molar-refractivity contribution in [3.63, 3.8) is 0 Å². The molecule has 0 saturated carbocycles. The van der Waals surface area contributed by atoms with Crippen molar-refractivity contribution in [3.8, 4) is 28.8 Å². The minimum Gasteiger partial charge on any atom is -0.493 e. The van der Waals surface area contributed by atoms with Crippen LogP contribution in [0.25, 0.3) is 11.4 Å². The molecule has 15 heteroatoms. The van der Waals surface area contributed by atoms with Gasteiger partial charge in [-0.05, 0) is 39.0 Å². The first kappa shape index (κ1) is 29.5. The number of methoxy groups -OCH3 is 2. The fraction of sp³-hybridized carbons (Fsp3) is 0.370. The molecule has 0 unspecified atom stereocenters. The van der Waals surface area contributed by atoms with Crippen molar-refractivity contribution < 1.29 is 27.4 Å². The summed E-state index contributed by atoms with van der Waals surface area (Å²) in [7, 11) is -1.11. The van der Waals surface area contributed by atoms with Crippen LogP contribution in [0.15, 0.2) is 48.8 Å². The third-order valence-electron chi connectivity index (χ3n) is 6.59. The van der Waals surface area contributed by atoms with Crippen molar-refractivity contribution in [2.75, 3.05) is 25.5 Å². The molecule has 0 amide bonds. The average molecular weight is 616 g/mol. The van der Waals surface area contributed by atoms with Crippen LogP contribution in [0, 0.1) is 0 Å². The molecule has 0 spiro atoms. The maximum atomic E-state index is 13.9. The lowest BCUT2D eigenvalue weighted by Gasteiger charge is -2.26. The van der Waals surface area contributed by atoms with Gasteiger partial charge in [0.25, 0.3) is 0 Å². The lowest BCUT2D eigenvalue weighted by molar-refractivity contribution is 0.00154. The van der Waals surface area contributed by atoms with Crippen LogP contribution in [0.1, 0.15) is 44.4 Å². The fourth-order valence-electron chi connectivity index (χ4n) is 4.55. The number of halogens is 1. The summed E-state index contributed by atoms with van der Waals surface area (Å²) in [5, 5.41) is 7.82. The molecule has 1 N–H and O–H groups in total. The Kier molecular flexibility index (Phi) is 8.48. The molecule has 42 heavy (non-hydrogen) atoms. The second-order valence-corrected chi connectivity index (χ2v) is 12.2. The minimum absolute atomic E-state index is 0.0361.